The van der Waals surface area contributed by atoms with Gasteiger partial charge in [-0.1, -0.05) is 6.07 Å². The van der Waals surface area contributed by atoms with Gasteiger partial charge in [-0.2, -0.15) is 0 Å². The monoisotopic (exact) mass is 516 g/mol. The minimum atomic E-state index is -3.89. The number of anilines is 2. The molecule has 0 aliphatic carbocycles. The first-order chi connectivity index (χ1) is 16.4. The molecule has 1 aliphatic heterocycles. The summed E-state index contributed by atoms with van der Waals surface area (Å²) in [5.41, 5.74) is 1.91. The van der Waals surface area contributed by atoms with Crippen molar-refractivity contribution in [3.8, 4) is 21.0 Å². The van der Waals surface area contributed by atoms with Crippen LogP contribution < -0.4 is 14.9 Å². The summed E-state index contributed by atoms with van der Waals surface area (Å²) in [4.78, 5) is 18.6. The number of ether oxygens (including phenoxy) is 1. The summed E-state index contributed by atoms with van der Waals surface area (Å²) in [7, 11) is -3.89. The van der Waals surface area contributed by atoms with Gasteiger partial charge in [0.2, 0.25) is 22.3 Å². The third-order valence-electron chi connectivity index (χ3n) is 5.11. The van der Waals surface area contributed by atoms with E-state index in [2.05, 4.69) is 15.0 Å². The average Bonchev–Trinajstić information content (AvgIpc) is 3.41. The molecule has 9 nitrogen and oxygen atoms in total. The Bertz CT molecular complexity index is 1330. The molecule has 1 atom stereocenters. The molecule has 4 rings (SSSR count). The van der Waals surface area contributed by atoms with Crippen molar-refractivity contribution in [2.75, 3.05) is 23.4 Å². The number of amides is 1. The number of rotatable bonds is 6. The molecule has 3 N–H and O–H groups in total. The smallest absolute Gasteiger partial charge is 0.241 e. The van der Waals surface area contributed by atoms with E-state index in [1.54, 1.807) is 44.0 Å². The van der Waals surface area contributed by atoms with Crippen molar-refractivity contribution in [3.63, 3.8) is 0 Å². The fourth-order valence-corrected chi connectivity index (χ4v) is 6.42. The van der Waals surface area contributed by atoms with Crippen molar-refractivity contribution in [1.82, 2.24) is 9.71 Å². The number of nitrogens with zero attached hydrogens (tertiary/aromatic N) is 2. The number of aromatic nitrogens is 1. The highest BCUT2D eigenvalue weighted by atomic mass is 32.2. The predicted molar refractivity (Wildman–Crippen MR) is 137 cm³/mol. The van der Waals surface area contributed by atoms with Gasteiger partial charge in [0.25, 0.3) is 0 Å². The van der Waals surface area contributed by atoms with Crippen LogP contribution in [0.3, 0.4) is 0 Å². The van der Waals surface area contributed by atoms with Crippen LogP contribution in [0.4, 0.5) is 11.4 Å². The second-order valence-electron chi connectivity index (χ2n) is 9.21. The number of aliphatic hydroxyl groups excluding tert-OH is 1. The van der Waals surface area contributed by atoms with Crippen molar-refractivity contribution in [2.24, 2.45) is 0 Å². The van der Waals surface area contributed by atoms with E-state index in [1.165, 1.54) is 24.3 Å². The van der Waals surface area contributed by atoms with Crippen molar-refractivity contribution >= 4 is 38.6 Å². The minimum absolute atomic E-state index is 0.0623. The zero-order valence-corrected chi connectivity index (χ0v) is 21.5. The van der Waals surface area contributed by atoms with Gasteiger partial charge in [0, 0.05) is 47.7 Å². The summed E-state index contributed by atoms with van der Waals surface area (Å²) in [5.74, 6) is -0.290. The SMILES string of the molecule is CC(=O)Nc1ccc(-c2cnc(-c3ccc(N4CCOC4O)cc3)s2)c(S(=O)(=O)NC(C)(C)C)c1. The van der Waals surface area contributed by atoms with Gasteiger partial charge >= 0.3 is 0 Å². The molecule has 35 heavy (non-hydrogen) atoms. The largest absolute Gasteiger partial charge is 0.351 e. The van der Waals surface area contributed by atoms with E-state index in [0.29, 0.717) is 29.3 Å². The maximum Gasteiger partial charge on any atom is 0.241 e. The number of benzene rings is 2. The summed E-state index contributed by atoms with van der Waals surface area (Å²) < 4.78 is 34.4. The van der Waals surface area contributed by atoms with Gasteiger partial charge in [0.1, 0.15) is 5.01 Å². The highest BCUT2D eigenvalue weighted by Crippen LogP contribution is 2.37. The number of hydrogen-bond acceptors (Lipinski definition) is 8. The van der Waals surface area contributed by atoms with Crippen molar-refractivity contribution in [1.29, 1.82) is 0 Å². The van der Waals surface area contributed by atoms with Crippen LogP contribution in [0.25, 0.3) is 21.0 Å². The van der Waals surface area contributed by atoms with Crippen LogP contribution in [0.5, 0.6) is 0 Å². The molecule has 2 aromatic carbocycles. The molecule has 11 heteroatoms. The van der Waals surface area contributed by atoms with Crippen LogP contribution in [0, 0.1) is 0 Å². The molecule has 2 heterocycles. The zero-order chi connectivity index (χ0) is 25.4. The molecular weight excluding hydrogens is 488 g/mol. The maximum absolute atomic E-state index is 13.3. The fraction of sp³-hybridized carbons (Fsp3) is 0.333. The average molecular weight is 517 g/mol. The zero-order valence-electron chi connectivity index (χ0n) is 19.9. The topological polar surface area (TPSA) is 121 Å². The van der Waals surface area contributed by atoms with E-state index in [0.717, 1.165) is 16.3 Å². The molecule has 186 valence electrons. The molecule has 1 unspecified atom stereocenters. The number of sulfonamides is 1. The lowest BCUT2D eigenvalue weighted by molar-refractivity contribution is -0.114. The summed E-state index contributed by atoms with van der Waals surface area (Å²) >= 11 is 1.37. The number of aliphatic hydroxyl groups is 1. The van der Waals surface area contributed by atoms with Crippen LogP contribution in [0.1, 0.15) is 27.7 Å². The molecular formula is C24H28N4O5S2. The molecule has 0 bridgehead atoms. The standard InChI is InChI=1S/C24H28N4O5S2/c1-15(29)26-17-7-10-19(21(13-17)35(31,32)27-24(2,3)4)20-14-25-22(34-20)16-5-8-18(9-6-16)28-11-12-33-23(28)30/h5-10,13-14,23,27,30H,11-12H2,1-4H3,(H,26,29). The lowest BCUT2D eigenvalue weighted by atomic mass is 10.1. The van der Waals surface area contributed by atoms with Gasteiger partial charge in [-0.25, -0.2) is 18.1 Å². The second-order valence-corrected chi connectivity index (χ2v) is 11.9. The quantitative estimate of drug-likeness (QED) is 0.458. The normalized spacial score (nSPS) is 16.5. The Morgan fingerprint density at radius 1 is 1.20 bits per heavy atom. The first-order valence-corrected chi connectivity index (χ1v) is 13.3. The highest BCUT2D eigenvalue weighted by Gasteiger charge is 2.27. The Balaban J connectivity index is 1.69. The molecule has 0 saturated carbocycles. The highest BCUT2D eigenvalue weighted by molar-refractivity contribution is 7.89. The number of hydrogen-bond donors (Lipinski definition) is 3. The van der Waals surface area contributed by atoms with Crippen molar-refractivity contribution < 1.29 is 23.1 Å². The minimum Gasteiger partial charge on any atom is -0.351 e. The number of thiazole rings is 1. The van der Waals surface area contributed by atoms with Crippen molar-refractivity contribution in [3.05, 3.63) is 48.7 Å². The first-order valence-electron chi connectivity index (χ1n) is 11.0. The number of carbonyl (C=O) groups is 1. The Morgan fingerprint density at radius 3 is 2.51 bits per heavy atom. The molecule has 1 aliphatic rings. The molecule has 1 amide bonds. The molecule has 0 spiro atoms. The van der Waals surface area contributed by atoms with Crippen LogP contribution >= 0.6 is 11.3 Å². The van der Waals surface area contributed by atoms with Gasteiger partial charge in [0.05, 0.1) is 16.4 Å². The van der Waals surface area contributed by atoms with E-state index in [4.69, 9.17) is 4.74 Å². The van der Waals surface area contributed by atoms with Crippen LogP contribution in [0.15, 0.2) is 53.6 Å². The second kappa shape index (κ2) is 9.67. The Morgan fingerprint density at radius 2 is 1.91 bits per heavy atom. The van der Waals surface area contributed by atoms with E-state index in [-0.39, 0.29) is 10.8 Å². The van der Waals surface area contributed by atoms with Crippen molar-refractivity contribution in [2.45, 2.75) is 44.5 Å². The lowest BCUT2D eigenvalue weighted by Crippen LogP contribution is -2.40. The first kappa shape index (κ1) is 25.3. The Hall–Kier alpha value is -2.83. The lowest BCUT2D eigenvalue weighted by Gasteiger charge is -2.22. The third-order valence-corrected chi connectivity index (χ3v) is 7.99. The summed E-state index contributed by atoms with van der Waals surface area (Å²) in [5, 5.41) is 13.3. The maximum atomic E-state index is 13.3. The third kappa shape index (κ3) is 5.88. The van der Waals surface area contributed by atoms with Crippen LogP contribution in [-0.2, 0) is 19.6 Å². The van der Waals surface area contributed by atoms with Gasteiger partial charge < -0.3 is 20.1 Å². The molecule has 1 fully saturated rings. The van der Waals surface area contributed by atoms with Crippen LogP contribution in [-0.4, -0.2) is 49.5 Å². The van der Waals surface area contributed by atoms with Gasteiger partial charge in [-0.05, 0) is 57.2 Å². The molecule has 1 saturated heterocycles. The van der Waals surface area contributed by atoms with E-state index < -0.39 is 22.0 Å². The van der Waals surface area contributed by atoms with Gasteiger partial charge in [-0.15, -0.1) is 11.3 Å². The molecule has 1 aromatic heterocycles. The number of carbonyl (C=O) groups excluding carboxylic acids is 1. The summed E-state index contributed by atoms with van der Waals surface area (Å²) in [6.45, 7) is 7.75. The van der Waals surface area contributed by atoms with Crippen LogP contribution in [0.2, 0.25) is 0 Å². The van der Waals surface area contributed by atoms with E-state index >= 15 is 0 Å². The number of nitrogens with one attached hydrogen (secondary N) is 2. The summed E-state index contributed by atoms with van der Waals surface area (Å²) in [6, 6.07) is 12.4. The molecule has 0 radical (unpaired) electrons. The Kier molecular flexibility index (Phi) is 6.98. The van der Waals surface area contributed by atoms with E-state index in [9.17, 15) is 18.3 Å². The fourth-order valence-electron chi connectivity index (χ4n) is 3.73. The van der Waals surface area contributed by atoms with Gasteiger partial charge in [-0.3, -0.25) is 4.79 Å². The molecule has 3 aromatic rings. The van der Waals surface area contributed by atoms with Gasteiger partial charge in [0.15, 0.2) is 0 Å². The predicted octanol–water partition coefficient (Wildman–Crippen LogP) is 3.62. The summed E-state index contributed by atoms with van der Waals surface area (Å²) in [6.07, 6.45) is 0.699. The Labute approximate surface area is 208 Å². The van der Waals surface area contributed by atoms with E-state index in [1.807, 2.05) is 24.3 Å².